The summed E-state index contributed by atoms with van der Waals surface area (Å²) < 4.78 is 0. The van der Waals surface area contributed by atoms with Gasteiger partial charge in [0.05, 0.1) is 12.6 Å². The van der Waals surface area contributed by atoms with E-state index in [2.05, 4.69) is 33.2 Å². The van der Waals surface area contributed by atoms with E-state index >= 15 is 0 Å². The summed E-state index contributed by atoms with van der Waals surface area (Å²) in [6, 6.07) is -0.633. The molecule has 0 fully saturated rings. The molecule has 2 N–H and O–H groups in total. The van der Waals surface area contributed by atoms with Crippen LogP contribution in [-0.2, 0) is 20.9 Å². The van der Waals surface area contributed by atoms with Crippen molar-refractivity contribution in [2.45, 2.75) is 58.2 Å². The molecule has 3 rings (SSSR count). The molecule has 0 spiro atoms. The molecule has 0 saturated carbocycles. The minimum absolute atomic E-state index is 0.0741. The highest BCUT2D eigenvalue weighted by Gasteiger charge is 2.41. The van der Waals surface area contributed by atoms with Crippen molar-refractivity contribution < 1.29 is 14.4 Å². The molecule has 0 aromatic carbocycles. The minimum atomic E-state index is -0.950. The molecule has 3 atom stereocenters. The summed E-state index contributed by atoms with van der Waals surface area (Å²) in [7, 11) is 0. The van der Waals surface area contributed by atoms with Crippen LogP contribution >= 0.6 is 35.7 Å². The van der Waals surface area contributed by atoms with E-state index in [9.17, 15) is 14.4 Å². The Hall–Kier alpha value is -1.65. The molecule has 0 radical (unpaired) electrons. The monoisotopic (exact) mass is 494 g/mol. The van der Waals surface area contributed by atoms with Gasteiger partial charge >= 0.3 is 0 Å². The number of thiol groups is 1. The zero-order valence-electron chi connectivity index (χ0n) is 18.6. The van der Waals surface area contributed by atoms with Crippen LogP contribution in [0.4, 0.5) is 0 Å². The quantitative estimate of drug-likeness (QED) is 0.441. The lowest BCUT2D eigenvalue weighted by Gasteiger charge is -2.27. The third-order valence-corrected chi connectivity index (χ3v) is 7.84. The van der Waals surface area contributed by atoms with Gasteiger partial charge in [0, 0.05) is 24.0 Å². The fraction of sp³-hybridized carbons (Fsp3) is 0.591. The maximum absolute atomic E-state index is 13.2. The number of nitrogens with one attached hydrogen (secondary N) is 2. The highest BCUT2D eigenvalue weighted by atomic mass is 32.2. The van der Waals surface area contributed by atoms with E-state index < -0.39 is 11.6 Å². The van der Waals surface area contributed by atoms with Crippen molar-refractivity contribution in [3.05, 3.63) is 28.2 Å². The molecule has 2 amide bonds. The molecular weight excluding hydrogens is 464 g/mol. The number of aliphatic imine (C=N–C) groups is 1. The number of carbonyl (C=O) groups is 3. The first kappa shape index (κ1) is 25.0. The van der Waals surface area contributed by atoms with Gasteiger partial charge in [-0.25, -0.2) is 4.98 Å². The fourth-order valence-corrected chi connectivity index (χ4v) is 5.67. The maximum Gasteiger partial charge on any atom is 0.249 e. The van der Waals surface area contributed by atoms with Crippen LogP contribution in [0.3, 0.4) is 0 Å². The smallest absolute Gasteiger partial charge is 0.249 e. The average molecular weight is 495 g/mol. The number of fused-ring (bicyclic) bond motifs is 4. The lowest BCUT2D eigenvalue weighted by Crippen LogP contribution is -2.52. The molecule has 4 bridgehead atoms. The number of hydrogen-bond donors (Lipinski definition) is 3. The summed E-state index contributed by atoms with van der Waals surface area (Å²) in [5.41, 5.74) is -0.231. The van der Waals surface area contributed by atoms with Crippen LogP contribution in [0.2, 0.25) is 0 Å². The Morgan fingerprint density at radius 3 is 2.81 bits per heavy atom. The molecule has 2 aliphatic rings. The number of thiazole rings is 1. The molecule has 0 aliphatic carbocycles. The van der Waals surface area contributed by atoms with Crippen molar-refractivity contribution in [3.63, 3.8) is 0 Å². The molecular formula is C22H30N4O3S3. The van der Waals surface area contributed by atoms with E-state index in [1.807, 2.05) is 31.4 Å². The minimum Gasteiger partial charge on any atom is -0.350 e. The van der Waals surface area contributed by atoms with Gasteiger partial charge < -0.3 is 10.6 Å². The van der Waals surface area contributed by atoms with Crippen molar-refractivity contribution in [3.8, 4) is 0 Å². The molecule has 1 aromatic heterocycles. The topological polar surface area (TPSA) is 101 Å². The van der Waals surface area contributed by atoms with E-state index in [0.717, 1.165) is 17.1 Å². The van der Waals surface area contributed by atoms with E-state index in [0.29, 0.717) is 23.1 Å². The van der Waals surface area contributed by atoms with Gasteiger partial charge in [-0.1, -0.05) is 26.0 Å². The largest absolute Gasteiger partial charge is 0.350 e. The number of carbonyl (C=O) groups excluding carboxylic acids is 3. The fourth-order valence-electron chi connectivity index (χ4n) is 3.59. The molecule has 3 heterocycles. The first-order valence-electron chi connectivity index (χ1n) is 10.8. The first-order chi connectivity index (χ1) is 15.2. The lowest BCUT2D eigenvalue weighted by atomic mass is 9.89. The summed E-state index contributed by atoms with van der Waals surface area (Å²) in [5, 5.41) is 9.26. The Bertz CT molecular complexity index is 927. The number of nitrogens with zero attached hydrogens (tertiary/aromatic N) is 2. The normalized spacial score (nSPS) is 27.5. The maximum atomic E-state index is 13.2. The molecule has 10 heteroatoms. The molecule has 0 unspecified atom stereocenters. The van der Waals surface area contributed by atoms with Crippen LogP contribution in [0.15, 0.2) is 22.5 Å². The SMILES string of the molecule is CC(C)[C@@H]1NC(=O)[C@]2(C)CSC(=N2)c2csc(n2)CNC(=O)C[C@@H](/C=C/CCS)CC1=O. The van der Waals surface area contributed by atoms with Crippen molar-refractivity contribution in [2.75, 3.05) is 11.5 Å². The summed E-state index contributed by atoms with van der Waals surface area (Å²) in [6.45, 7) is 5.95. The highest BCUT2D eigenvalue weighted by Crippen LogP contribution is 2.32. The second kappa shape index (κ2) is 11.0. The van der Waals surface area contributed by atoms with Crippen LogP contribution in [0.1, 0.15) is 50.7 Å². The summed E-state index contributed by atoms with van der Waals surface area (Å²) in [6.07, 6.45) is 5.02. The summed E-state index contributed by atoms with van der Waals surface area (Å²) in [5.74, 6) is 0.397. The Balaban J connectivity index is 1.92. The third-order valence-electron chi connectivity index (χ3n) is 5.45. The predicted molar refractivity (Wildman–Crippen MR) is 133 cm³/mol. The number of aromatic nitrogens is 1. The molecule has 1 aromatic rings. The number of hydrogen-bond acceptors (Lipinski definition) is 8. The van der Waals surface area contributed by atoms with Gasteiger partial charge in [0.15, 0.2) is 5.78 Å². The first-order valence-corrected chi connectivity index (χ1v) is 13.3. The van der Waals surface area contributed by atoms with Gasteiger partial charge in [-0.15, -0.1) is 23.1 Å². The van der Waals surface area contributed by atoms with Crippen molar-refractivity contribution in [1.29, 1.82) is 0 Å². The molecule has 32 heavy (non-hydrogen) atoms. The van der Waals surface area contributed by atoms with E-state index in [1.54, 1.807) is 6.92 Å². The summed E-state index contributed by atoms with van der Waals surface area (Å²) in [4.78, 5) is 48.2. The van der Waals surface area contributed by atoms with Gasteiger partial charge in [-0.05, 0) is 30.9 Å². The zero-order chi connectivity index (χ0) is 23.3. The third kappa shape index (κ3) is 6.23. The second-order valence-electron chi connectivity index (χ2n) is 8.65. The zero-order valence-corrected chi connectivity index (χ0v) is 21.1. The average Bonchev–Trinajstić information content (AvgIpc) is 3.37. The lowest BCUT2D eigenvalue weighted by molar-refractivity contribution is -0.131. The Morgan fingerprint density at radius 1 is 1.31 bits per heavy atom. The van der Waals surface area contributed by atoms with E-state index in [1.165, 1.54) is 23.1 Å². The molecule has 174 valence electrons. The van der Waals surface area contributed by atoms with Crippen LogP contribution in [-0.4, -0.2) is 50.7 Å². The van der Waals surface area contributed by atoms with Crippen LogP contribution in [0, 0.1) is 11.8 Å². The van der Waals surface area contributed by atoms with E-state index in [-0.39, 0.29) is 42.3 Å². The van der Waals surface area contributed by atoms with Gasteiger partial charge in [0.1, 0.15) is 21.3 Å². The molecule has 2 aliphatic heterocycles. The van der Waals surface area contributed by atoms with Crippen LogP contribution in [0.25, 0.3) is 0 Å². The van der Waals surface area contributed by atoms with Gasteiger partial charge in [0.25, 0.3) is 0 Å². The Labute approximate surface area is 202 Å². The van der Waals surface area contributed by atoms with Crippen molar-refractivity contribution >= 4 is 58.4 Å². The van der Waals surface area contributed by atoms with Crippen molar-refractivity contribution in [2.24, 2.45) is 16.8 Å². The van der Waals surface area contributed by atoms with Gasteiger partial charge in [0.2, 0.25) is 11.8 Å². The van der Waals surface area contributed by atoms with Gasteiger partial charge in [-0.2, -0.15) is 12.6 Å². The number of allylic oxidation sites excluding steroid dienone is 2. The van der Waals surface area contributed by atoms with Crippen molar-refractivity contribution in [1.82, 2.24) is 15.6 Å². The van der Waals surface area contributed by atoms with Crippen LogP contribution < -0.4 is 10.6 Å². The van der Waals surface area contributed by atoms with Gasteiger partial charge in [-0.3, -0.25) is 19.4 Å². The summed E-state index contributed by atoms with van der Waals surface area (Å²) >= 11 is 7.16. The standard InChI is InChI=1S/C22H30N4O3S3/c1-13(2)19-16(27)8-14(6-4-5-7-30)9-17(28)23-10-18-24-15(11-31-18)20-26-22(3,12-32-20)21(29)25-19/h4,6,11,13-14,19,30H,5,7-10,12H2,1-3H3,(H,23,28)(H,25,29)/b6-4+/t14-,19-,22-/m0/s1. The predicted octanol–water partition coefficient (Wildman–Crippen LogP) is 3.01. The number of amides is 2. The second-order valence-corrected chi connectivity index (χ2v) is 11.0. The van der Waals surface area contributed by atoms with Crippen LogP contribution in [0.5, 0.6) is 0 Å². The number of thioether (sulfide) groups is 1. The molecule has 7 nitrogen and oxygen atoms in total. The number of ketones is 1. The van der Waals surface area contributed by atoms with E-state index in [4.69, 9.17) is 0 Å². The Morgan fingerprint density at radius 2 is 2.09 bits per heavy atom. The number of Topliss-reactive ketones (excluding diaryl/α,β-unsaturated/α-hetero) is 1. The highest BCUT2D eigenvalue weighted by molar-refractivity contribution is 8.14. The molecule has 0 saturated heterocycles. The number of rotatable bonds is 4. The Kier molecular flexibility index (Phi) is 8.57.